The van der Waals surface area contributed by atoms with Gasteiger partial charge in [-0.25, -0.2) is 4.68 Å². The van der Waals surface area contributed by atoms with Crippen LogP contribution in [-0.2, 0) is 6.54 Å². The van der Waals surface area contributed by atoms with E-state index in [1.165, 1.54) is 22.9 Å². The molecule has 4 aromatic rings. The van der Waals surface area contributed by atoms with E-state index in [2.05, 4.69) is 10.4 Å². The number of carbonyl (C=O) groups is 2. The van der Waals surface area contributed by atoms with Crippen molar-refractivity contribution < 1.29 is 14.7 Å². The lowest BCUT2D eigenvalue weighted by molar-refractivity contribution is -0.255. The zero-order valence-corrected chi connectivity index (χ0v) is 15.7. The molecule has 1 aromatic heterocycles. The molecule has 7 heteroatoms. The average Bonchev–Trinajstić information content (AvgIpc) is 2.76. The van der Waals surface area contributed by atoms with Crippen molar-refractivity contribution in [2.75, 3.05) is 5.32 Å². The summed E-state index contributed by atoms with van der Waals surface area (Å²) in [4.78, 5) is 36.9. The summed E-state index contributed by atoms with van der Waals surface area (Å²) in [5.74, 6) is -1.89. The molecule has 0 spiro atoms. The SMILES string of the molecule is O=C([O-])c1cccc(NC(=O)c2nn(Cc3ccccc3)c(=O)c3ccccc23)c1. The lowest BCUT2D eigenvalue weighted by Gasteiger charge is -2.12. The normalized spacial score (nSPS) is 10.7. The minimum atomic E-state index is -1.34. The Labute approximate surface area is 171 Å². The molecule has 0 saturated carbocycles. The van der Waals surface area contributed by atoms with E-state index < -0.39 is 11.9 Å². The molecule has 0 fully saturated rings. The van der Waals surface area contributed by atoms with Crippen LogP contribution < -0.4 is 16.0 Å². The Balaban J connectivity index is 1.76. The predicted molar refractivity (Wildman–Crippen MR) is 110 cm³/mol. The van der Waals surface area contributed by atoms with Crippen LogP contribution >= 0.6 is 0 Å². The highest BCUT2D eigenvalue weighted by atomic mass is 16.4. The van der Waals surface area contributed by atoms with Crippen LogP contribution in [0.1, 0.15) is 26.4 Å². The van der Waals surface area contributed by atoms with E-state index in [0.29, 0.717) is 10.8 Å². The van der Waals surface area contributed by atoms with Crippen LogP contribution in [0.15, 0.2) is 83.7 Å². The summed E-state index contributed by atoms with van der Waals surface area (Å²) in [7, 11) is 0. The van der Waals surface area contributed by atoms with Crippen molar-refractivity contribution in [3.05, 3.63) is 106 Å². The summed E-state index contributed by atoms with van der Waals surface area (Å²) in [6, 6.07) is 21.8. The third kappa shape index (κ3) is 3.81. The lowest BCUT2D eigenvalue weighted by Crippen LogP contribution is -2.28. The Morgan fingerprint density at radius 1 is 0.900 bits per heavy atom. The monoisotopic (exact) mass is 398 g/mol. The molecule has 0 aliphatic carbocycles. The Bertz CT molecular complexity index is 1310. The van der Waals surface area contributed by atoms with E-state index in [4.69, 9.17) is 0 Å². The zero-order valence-electron chi connectivity index (χ0n) is 15.7. The summed E-state index contributed by atoms with van der Waals surface area (Å²) in [5.41, 5.74) is 0.869. The van der Waals surface area contributed by atoms with Crippen LogP contribution in [0.3, 0.4) is 0 Å². The minimum absolute atomic E-state index is 0.0559. The van der Waals surface area contributed by atoms with Gasteiger partial charge in [0.2, 0.25) is 0 Å². The average molecular weight is 398 g/mol. The summed E-state index contributed by atoms with van der Waals surface area (Å²) >= 11 is 0. The molecule has 0 aliphatic rings. The van der Waals surface area contributed by atoms with E-state index in [1.54, 1.807) is 30.3 Å². The number of amides is 1. The number of aromatic carboxylic acids is 1. The van der Waals surface area contributed by atoms with Gasteiger partial charge in [0, 0.05) is 11.1 Å². The van der Waals surface area contributed by atoms with E-state index in [0.717, 1.165) is 5.56 Å². The third-order valence-corrected chi connectivity index (χ3v) is 4.61. The van der Waals surface area contributed by atoms with Gasteiger partial charge in [-0.05, 0) is 29.3 Å². The lowest BCUT2D eigenvalue weighted by atomic mass is 10.1. The number of carboxylic acid groups (broad SMARTS) is 1. The molecule has 1 N–H and O–H groups in total. The van der Waals surface area contributed by atoms with Gasteiger partial charge in [-0.2, -0.15) is 5.10 Å². The number of nitrogens with one attached hydrogen (secondary N) is 1. The largest absolute Gasteiger partial charge is 0.545 e. The van der Waals surface area contributed by atoms with Crippen LogP contribution in [0, 0.1) is 0 Å². The number of aromatic nitrogens is 2. The Hall–Kier alpha value is -4.26. The van der Waals surface area contributed by atoms with Crippen LogP contribution in [0.5, 0.6) is 0 Å². The Kier molecular flexibility index (Phi) is 5.09. The van der Waals surface area contributed by atoms with Crippen molar-refractivity contribution in [1.29, 1.82) is 0 Å². The van der Waals surface area contributed by atoms with Crippen LogP contribution in [0.2, 0.25) is 0 Å². The number of fused-ring (bicyclic) bond motifs is 1. The highest BCUT2D eigenvalue weighted by molar-refractivity contribution is 6.11. The number of nitrogens with zero attached hydrogens (tertiary/aromatic N) is 2. The second kappa shape index (κ2) is 8.00. The van der Waals surface area contributed by atoms with Crippen LogP contribution in [0.4, 0.5) is 5.69 Å². The first-order chi connectivity index (χ1) is 14.5. The third-order valence-electron chi connectivity index (χ3n) is 4.61. The quantitative estimate of drug-likeness (QED) is 0.554. The predicted octanol–water partition coefficient (Wildman–Crippen LogP) is 2.06. The number of rotatable bonds is 5. The van der Waals surface area contributed by atoms with Crippen molar-refractivity contribution >= 4 is 28.3 Å². The second-order valence-electron chi connectivity index (χ2n) is 6.66. The Morgan fingerprint density at radius 2 is 1.60 bits per heavy atom. The highest BCUT2D eigenvalue weighted by Gasteiger charge is 2.17. The van der Waals surface area contributed by atoms with Crippen molar-refractivity contribution in [1.82, 2.24) is 9.78 Å². The number of anilines is 1. The topological polar surface area (TPSA) is 104 Å². The number of hydrogen-bond donors (Lipinski definition) is 1. The van der Waals surface area contributed by atoms with Crippen LogP contribution in [0.25, 0.3) is 10.8 Å². The van der Waals surface area contributed by atoms with E-state index >= 15 is 0 Å². The van der Waals surface area contributed by atoms with Gasteiger partial charge in [-0.3, -0.25) is 9.59 Å². The first-order valence-corrected chi connectivity index (χ1v) is 9.19. The van der Waals surface area contributed by atoms with Gasteiger partial charge in [0.25, 0.3) is 11.5 Å². The number of benzene rings is 3. The minimum Gasteiger partial charge on any atom is -0.545 e. The van der Waals surface area contributed by atoms with Gasteiger partial charge in [0.15, 0.2) is 5.69 Å². The van der Waals surface area contributed by atoms with Crippen molar-refractivity contribution in [3.63, 3.8) is 0 Å². The maximum absolute atomic E-state index is 13.0. The molecule has 148 valence electrons. The van der Waals surface area contributed by atoms with Gasteiger partial charge < -0.3 is 15.2 Å². The molecule has 7 nitrogen and oxygen atoms in total. The molecular weight excluding hydrogens is 382 g/mol. The Morgan fingerprint density at radius 3 is 2.33 bits per heavy atom. The smallest absolute Gasteiger partial charge is 0.276 e. The molecule has 0 unspecified atom stereocenters. The molecule has 0 radical (unpaired) electrons. The van der Waals surface area contributed by atoms with Gasteiger partial charge >= 0.3 is 0 Å². The van der Waals surface area contributed by atoms with Gasteiger partial charge in [0.05, 0.1) is 17.9 Å². The molecule has 0 atom stereocenters. The molecule has 1 amide bonds. The first-order valence-electron chi connectivity index (χ1n) is 9.19. The fourth-order valence-electron chi connectivity index (χ4n) is 3.18. The zero-order chi connectivity index (χ0) is 21.1. The summed E-state index contributed by atoms with van der Waals surface area (Å²) in [6.07, 6.45) is 0. The standard InChI is InChI=1S/C23H17N3O4/c27-21(24-17-10-6-9-16(13-17)23(29)30)20-18-11-4-5-12-19(18)22(28)26(25-20)14-15-7-2-1-3-8-15/h1-13H,14H2,(H,24,27)(H,29,30)/p-1. The molecule has 1 heterocycles. The number of hydrogen-bond acceptors (Lipinski definition) is 5. The van der Waals surface area contributed by atoms with E-state index in [-0.39, 0.29) is 29.0 Å². The molecule has 4 rings (SSSR count). The molecule has 0 bridgehead atoms. The van der Waals surface area contributed by atoms with Crippen molar-refractivity contribution in [2.45, 2.75) is 6.54 Å². The fraction of sp³-hybridized carbons (Fsp3) is 0.0435. The van der Waals surface area contributed by atoms with Crippen molar-refractivity contribution in [2.24, 2.45) is 0 Å². The summed E-state index contributed by atoms with van der Waals surface area (Å²) in [6.45, 7) is 0.213. The summed E-state index contributed by atoms with van der Waals surface area (Å²) < 4.78 is 1.25. The molecule has 0 aliphatic heterocycles. The molecular formula is C23H16N3O4-. The van der Waals surface area contributed by atoms with E-state index in [1.807, 2.05) is 30.3 Å². The number of carboxylic acids is 1. The van der Waals surface area contributed by atoms with Gasteiger partial charge in [0.1, 0.15) is 0 Å². The maximum Gasteiger partial charge on any atom is 0.276 e. The fourth-order valence-corrected chi connectivity index (χ4v) is 3.18. The summed E-state index contributed by atoms with van der Waals surface area (Å²) in [5, 5.41) is 18.8. The number of carbonyl (C=O) groups excluding carboxylic acids is 2. The molecule has 0 saturated heterocycles. The van der Waals surface area contributed by atoms with Crippen molar-refractivity contribution in [3.8, 4) is 0 Å². The molecule has 3 aromatic carbocycles. The first kappa shape index (κ1) is 19.1. The van der Waals surface area contributed by atoms with Crippen LogP contribution in [-0.4, -0.2) is 21.7 Å². The molecule has 30 heavy (non-hydrogen) atoms. The van der Waals surface area contributed by atoms with Gasteiger partial charge in [-0.1, -0.05) is 60.7 Å². The maximum atomic E-state index is 13.0. The van der Waals surface area contributed by atoms with E-state index in [9.17, 15) is 19.5 Å². The highest BCUT2D eigenvalue weighted by Crippen LogP contribution is 2.17. The van der Waals surface area contributed by atoms with Gasteiger partial charge in [-0.15, -0.1) is 0 Å². The second-order valence-corrected chi connectivity index (χ2v) is 6.66.